The lowest BCUT2D eigenvalue weighted by atomic mass is 10.2. The molecule has 0 radical (unpaired) electrons. The van der Waals surface area contributed by atoms with E-state index < -0.39 is 0 Å². The van der Waals surface area contributed by atoms with Gasteiger partial charge in [-0.15, -0.1) is 0 Å². The molecule has 6 nitrogen and oxygen atoms in total. The summed E-state index contributed by atoms with van der Waals surface area (Å²) < 4.78 is 1.95. The molecule has 3 rings (SSSR count). The first-order valence-corrected chi connectivity index (χ1v) is 9.31. The minimum absolute atomic E-state index is 0.591. The third-order valence-corrected chi connectivity index (χ3v) is 4.04. The average molecular weight is 362 g/mol. The second kappa shape index (κ2) is 10.1. The number of nitrogens with zero attached hydrogens (tertiary/aromatic N) is 4. The summed E-state index contributed by atoms with van der Waals surface area (Å²) in [5, 5.41) is 11.1. The van der Waals surface area contributed by atoms with Crippen molar-refractivity contribution in [2.45, 2.75) is 26.4 Å². The molecule has 3 aromatic rings. The molecular weight excluding hydrogens is 336 g/mol. The first-order chi connectivity index (χ1) is 13.3. The molecule has 0 saturated heterocycles. The quantitative estimate of drug-likeness (QED) is 0.477. The Balaban J connectivity index is 1.52. The Labute approximate surface area is 160 Å². The maximum atomic E-state index is 4.66. The monoisotopic (exact) mass is 362 g/mol. The fourth-order valence-corrected chi connectivity index (χ4v) is 2.71. The molecule has 0 aliphatic rings. The van der Waals surface area contributed by atoms with Gasteiger partial charge in [0, 0.05) is 43.2 Å². The van der Waals surface area contributed by atoms with Crippen molar-refractivity contribution >= 4 is 5.96 Å². The fourth-order valence-electron chi connectivity index (χ4n) is 2.71. The molecule has 0 spiro atoms. The number of aromatic nitrogens is 3. The van der Waals surface area contributed by atoms with Gasteiger partial charge in [0.15, 0.2) is 5.96 Å². The second-order valence-corrected chi connectivity index (χ2v) is 6.22. The van der Waals surface area contributed by atoms with Gasteiger partial charge >= 0.3 is 0 Å². The molecule has 140 valence electrons. The van der Waals surface area contributed by atoms with Gasteiger partial charge in [0.1, 0.15) is 0 Å². The molecule has 0 unspecified atom stereocenters. The number of aliphatic imine (C=N–C) groups is 1. The zero-order valence-corrected chi connectivity index (χ0v) is 15.7. The summed E-state index contributed by atoms with van der Waals surface area (Å²) in [6, 6.07) is 16.3. The summed E-state index contributed by atoms with van der Waals surface area (Å²) >= 11 is 0. The molecule has 2 N–H and O–H groups in total. The minimum atomic E-state index is 0.591. The Morgan fingerprint density at radius 2 is 1.89 bits per heavy atom. The lowest BCUT2D eigenvalue weighted by Gasteiger charge is -2.10. The van der Waals surface area contributed by atoms with Crippen LogP contribution >= 0.6 is 0 Å². The van der Waals surface area contributed by atoms with Crippen LogP contribution in [0.25, 0.3) is 0 Å². The van der Waals surface area contributed by atoms with Crippen LogP contribution < -0.4 is 10.6 Å². The van der Waals surface area contributed by atoms with Crippen molar-refractivity contribution in [3.8, 4) is 0 Å². The van der Waals surface area contributed by atoms with Gasteiger partial charge in [-0.3, -0.25) is 9.67 Å². The van der Waals surface area contributed by atoms with E-state index >= 15 is 0 Å². The van der Waals surface area contributed by atoms with Crippen LogP contribution in [0, 0.1) is 0 Å². The average Bonchev–Trinajstić information content (AvgIpc) is 3.15. The molecule has 0 aliphatic heterocycles. The molecule has 0 bridgehead atoms. The van der Waals surface area contributed by atoms with Gasteiger partial charge < -0.3 is 10.6 Å². The molecule has 1 aromatic carbocycles. The van der Waals surface area contributed by atoms with Crippen molar-refractivity contribution in [1.29, 1.82) is 0 Å². The van der Waals surface area contributed by atoms with Gasteiger partial charge in [0.2, 0.25) is 0 Å². The van der Waals surface area contributed by atoms with E-state index in [1.807, 2.05) is 59.7 Å². The number of benzene rings is 1. The Kier molecular flexibility index (Phi) is 6.98. The van der Waals surface area contributed by atoms with Crippen LogP contribution in [-0.2, 0) is 19.5 Å². The maximum absolute atomic E-state index is 4.66. The summed E-state index contributed by atoms with van der Waals surface area (Å²) in [6.07, 6.45) is 6.61. The van der Waals surface area contributed by atoms with Crippen molar-refractivity contribution in [3.63, 3.8) is 0 Å². The van der Waals surface area contributed by atoms with E-state index in [1.165, 1.54) is 5.56 Å². The second-order valence-electron chi connectivity index (χ2n) is 6.22. The summed E-state index contributed by atoms with van der Waals surface area (Å²) in [7, 11) is 0. The Morgan fingerprint density at radius 3 is 2.67 bits per heavy atom. The van der Waals surface area contributed by atoms with Crippen LogP contribution in [0.2, 0.25) is 0 Å². The summed E-state index contributed by atoms with van der Waals surface area (Å²) in [5.41, 5.74) is 3.40. The third-order valence-electron chi connectivity index (χ3n) is 4.04. The van der Waals surface area contributed by atoms with Gasteiger partial charge in [-0.2, -0.15) is 5.10 Å². The molecule has 0 saturated carbocycles. The first kappa shape index (κ1) is 18.6. The van der Waals surface area contributed by atoms with Crippen LogP contribution in [0.4, 0.5) is 0 Å². The zero-order chi connectivity index (χ0) is 18.7. The highest BCUT2D eigenvalue weighted by Crippen LogP contribution is 2.05. The molecule has 0 amide bonds. The SMILES string of the molecule is CCNC(=NCc1cnn(Cc2ccccc2)c1)NCCc1ccccn1. The van der Waals surface area contributed by atoms with Crippen molar-refractivity contribution < 1.29 is 0 Å². The van der Waals surface area contributed by atoms with E-state index in [2.05, 4.69) is 44.8 Å². The molecule has 0 aliphatic carbocycles. The Morgan fingerprint density at radius 1 is 1.04 bits per heavy atom. The van der Waals surface area contributed by atoms with Crippen LogP contribution in [-0.4, -0.2) is 33.8 Å². The van der Waals surface area contributed by atoms with Gasteiger partial charge in [0.25, 0.3) is 0 Å². The van der Waals surface area contributed by atoms with Gasteiger partial charge in [-0.1, -0.05) is 36.4 Å². The summed E-state index contributed by atoms with van der Waals surface area (Å²) in [4.78, 5) is 9.00. The molecule has 0 fully saturated rings. The number of hydrogen-bond donors (Lipinski definition) is 2. The normalized spacial score (nSPS) is 11.4. The molecule has 2 heterocycles. The molecular formula is C21H26N6. The highest BCUT2D eigenvalue weighted by molar-refractivity contribution is 5.79. The molecule has 27 heavy (non-hydrogen) atoms. The van der Waals surface area contributed by atoms with Crippen molar-refractivity contribution in [3.05, 3.63) is 83.9 Å². The number of pyridine rings is 1. The van der Waals surface area contributed by atoms with Gasteiger partial charge in [-0.25, -0.2) is 4.99 Å². The third kappa shape index (κ3) is 6.26. The van der Waals surface area contributed by atoms with E-state index in [4.69, 9.17) is 0 Å². The van der Waals surface area contributed by atoms with E-state index in [0.29, 0.717) is 6.54 Å². The zero-order valence-electron chi connectivity index (χ0n) is 15.7. The highest BCUT2D eigenvalue weighted by Gasteiger charge is 2.02. The lowest BCUT2D eigenvalue weighted by molar-refractivity contribution is 0.686. The fraction of sp³-hybridized carbons (Fsp3) is 0.286. The van der Waals surface area contributed by atoms with E-state index in [-0.39, 0.29) is 0 Å². The summed E-state index contributed by atoms with van der Waals surface area (Å²) in [5.74, 6) is 0.809. The number of rotatable bonds is 8. The molecule has 0 atom stereocenters. The minimum Gasteiger partial charge on any atom is -0.357 e. The maximum Gasteiger partial charge on any atom is 0.191 e. The van der Waals surface area contributed by atoms with Crippen molar-refractivity contribution in [1.82, 2.24) is 25.4 Å². The lowest BCUT2D eigenvalue weighted by Crippen LogP contribution is -2.38. The predicted molar refractivity (Wildman–Crippen MR) is 109 cm³/mol. The smallest absolute Gasteiger partial charge is 0.191 e. The first-order valence-electron chi connectivity index (χ1n) is 9.31. The van der Waals surface area contributed by atoms with Crippen LogP contribution in [0.5, 0.6) is 0 Å². The van der Waals surface area contributed by atoms with Crippen molar-refractivity contribution in [2.75, 3.05) is 13.1 Å². The van der Waals surface area contributed by atoms with Gasteiger partial charge in [-0.05, 0) is 24.6 Å². The van der Waals surface area contributed by atoms with Crippen LogP contribution in [0.15, 0.2) is 72.1 Å². The summed E-state index contributed by atoms with van der Waals surface area (Å²) in [6.45, 7) is 5.04. The van der Waals surface area contributed by atoms with Crippen molar-refractivity contribution in [2.24, 2.45) is 4.99 Å². The standard InChI is InChI=1S/C21H26N6/c1-2-22-21(24-13-11-20-10-6-7-12-23-20)25-14-19-15-26-27(17-19)16-18-8-4-3-5-9-18/h3-10,12,15,17H,2,11,13-14,16H2,1H3,(H2,22,24,25). The largest absolute Gasteiger partial charge is 0.357 e. The predicted octanol–water partition coefficient (Wildman–Crippen LogP) is 2.62. The number of nitrogens with one attached hydrogen (secondary N) is 2. The number of hydrogen-bond acceptors (Lipinski definition) is 3. The van der Waals surface area contributed by atoms with E-state index in [1.54, 1.807) is 0 Å². The van der Waals surface area contributed by atoms with Crippen LogP contribution in [0.1, 0.15) is 23.7 Å². The van der Waals surface area contributed by atoms with E-state index in [9.17, 15) is 0 Å². The number of guanidine groups is 1. The van der Waals surface area contributed by atoms with Gasteiger partial charge in [0.05, 0.1) is 19.3 Å². The van der Waals surface area contributed by atoms with E-state index in [0.717, 1.165) is 43.3 Å². The molecule has 6 heteroatoms. The topological polar surface area (TPSA) is 67.1 Å². The molecule has 2 aromatic heterocycles. The highest BCUT2D eigenvalue weighted by atomic mass is 15.3. The Hall–Kier alpha value is -3.15. The Bertz CT molecular complexity index is 826. The van der Waals surface area contributed by atoms with Crippen LogP contribution in [0.3, 0.4) is 0 Å².